The summed E-state index contributed by atoms with van der Waals surface area (Å²) in [6, 6.07) is 1.52. The molecule has 0 spiro atoms. The van der Waals surface area contributed by atoms with Crippen molar-refractivity contribution in [3.63, 3.8) is 0 Å². The Morgan fingerprint density at radius 3 is 2.69 bits per heavy atom. The van der Waals surface area contributed by atoms with Gasteiger partial charge in [-0.05, 0) is 18.6 Å². The summed E-state index contributed by atoms with van der Waals surface area (Å²) in [5.41, 5.74) is 6.00. The molecule has 0 aromatic carbocycles. The Morgan fingerprint density at radius 2 is 2.23 bits per heavy atom. The van der Waals surface area contributed by atoms with E-state index in [-0.39, 0.29) is 17.3 Å². The topological polar surface area (TPSA) is 38.9 Å². The van der Waals surface area contributed by atoms with Crippen molar-refractivity contribution in [3.05, 3.63) is 28.0 Å². The number of halogens is 3. The highest BCUT2D eigenvalue weighted by Gasteiger charge is 2.17. The lowest BCUT2D eigenvalue weighted by molar-refractivity contribution is 0.150. The van der Waals surface area contributed by atoms with E-state index in [4.69, 9.17) is 17.3 Å². The van der Waals surface area contributed by atoms with E-state index in [1.165, 1.54) is 6.07 Å². The number of alkyl halides is 2. The summed E-state index contributed by atoms with van der Waals surface area (Å²) in [7, 11) is 0. The van der Waals surface area contributed by atoms with Gasteiger partial charge in [0.05, 0.1) is 5.56 Å². The molecule has 0 saturated carbocycles. The smallest absolute Gasteiger partial charge is 0.267 e. The summed E-state index contributed by atoms with van der Waals surface area (Å²) in [5, 5.41) is -0.157. The fraction of sp³-hybridized carbons (Fsp3) is 0.375. The van der Waals surface area contributed by atoms with E-state index < -0.39 is 6.43 Å². The molecule has 5 heteroatoms. The first-order valence-corrected chi connectivity index (χ1v) is 4.08. The van der Waals surface area contributed by atoms with Crippen LogP contribution in [-0.2, 0) is 6.54 Å². The average Bonchev–Trinajstić information content (AvgIpc) is 2.01. The summed E-state index contributed by atoms with van der Waals surface area (Å²) in [6.07, 6.45) is -2.63. The van der Waals surface area contributed by atoms with Crippen molar-refractivity contribution in [2.75, 3.05) is 0 Å². The van der Waals surface area contributed by atoms with Crippen LogP contribution in [0, 0.1) is 6.92 Å². The number of hydrogen-bond donors (Lipinski definition) is 1. The predicted molar refractivity (Wildman–Crippen MR) is 46.8 cm³/mol. The Morgan fingerprint density at radius 1 is 1.62 bits per heavy atom. The van der Waals surface area contributed by atoms with Crippen molar-refractivity contribution in [2.24, 2.45) is 5.73 Å². The molecular weight excluding hydrogens is 198 g/mol. The molecule has 0 radical (unpaired) electrons. The predicted octanol–water partition coefficient (Wildman–Crippen LogP) is 2.44. The van der Waals surface area contributed by atoms with Gasteiger partial charge in [-0.3, -0.25) is 0 Å². The average molecular weight is 207 g/mol. The van der Waals surface area contributed by atoms with Crippen LogP contribution >= 0.6 is 11.6 Å². The number of pyridine rings is 1. The normalized spacial score (nSPS) is 10.9. The number of hydrogen-bond acceptors (Lipinski definition) is 2. The third kappa shape index (κ3) is 2.14. The molecule has 1 heterocycles. The van der Waals surface area contributed by atoms with Crippen molar-refractivity contribution < 1.29 is 8.78 Å². The Labute approximate surface area is 79.7 Å². The maximum atomic E-state index is 12.4. The SMILES string of the molecule is Cc1cc(CN)c(C(F)F)c(Cl)n1. The number of nitrogens with zero attached hydrogens (tertiary/aromatic N) is 1. The third-order valence-corrected chi connectivity index (χ3v) is 1.95. The molecule has 13 heavy (non-hydrogen) atoms. The first-order chi connectivity index (χ1) is 6.06. The van der Waals surface area contributed by atoms with Crippen LogP contribution in [0.15, 0.2) is 6.07 Å². The number of aromatic nitrogens is 1. The van der Waals surface area contributed by atoms with Crippen LogP contribution in [0.5, 0.6) is 0 Å². The van der Waals surface area contributed by atoms with Gasteiger partial charge >= 0.3 is 0 Å². The van der Waals surface area contributed by atoms with Gasteiger partial charge in [-0.2, -0.15) is 0 Å². The largest absolute Gasteiger partial charge is 0.326 e. The van der Waals surface area contributed by atoms with Gasteiger partial charge in [-0.25, -0.2) is 13.8 Å². The number of nitrogens with two attached hydrogens (primary N) is 1. The highest BCUT2D eigenvalue weighted by molar-refractivity contribution is 6.30. The molecule has 0 amide bonds. The molecule has 0 unspecified atom stereocenters. The van der Waals surface area contributed by atoms with Crippen molar-refractivity contribution in [2.45, 2.75) is 19.9 Å². The van der Waals surface area contributed by atoms with Gasteiger partial charge < -0.3 is 5.73 Å². The van der Waals surface area contributed by atoms with Crippen molar-refractivity contribution in [3.8, 4) is 0 Å². The van der Waals surface area contributed by atoms with E-state index in [2.05, 4.69) is 4.98 Å². The minimum absolute atomic E-state index is 0.0444. The van der Waals surface area contributed by atoms with Crippen molar-refractivity contribution in [1.29, 1.82) is 0 Å². The molecule has 0 aliphatic heterocycles. The van der Waals surface area contributed by atoms with Crippen LogP contribution in [0.2, 0.25) is 5.15 Å². The highest BCUT2D eigenvalue weighted by atomic mass is 35.5. The fourth-order valence-corrected chi connectivity index (χ4v) is 1.45. The molecule has 1 aromatic heterocycles. The molecule has 0 fully saturated rings. The molecular formula is C8H9ClF2N2. The second-order valence-electron chi connectivity index (χ2n) is 2.63. The molecule has 72 valence electrons. The quantitative estimate of drug-likeness (QED) is 0.755. The summed E-state index contributed by atoms with van der Waals surface area (Å²) in [4.78, 5) is 3.73. The minimum atomic E-state index is -2.63. The van der Waals surface area contributed by atoms with Crippen LogP contribution in [0.1, 0.15) is 23.2 Å². The van der Waals surface area contributed by atoms with Gasteiger partial charge in [0.2, 0.25) is 0 Å². The van der Waals surface area contributed by atoms with E-state index >= 15 is 0 Å². The van der Waals surface area contributed by atoms with Gasteiger partial charge in [0.15, 0.2) is 0 Å². The second-order valence-corrected chi connectivity index (χ2v) is 2.99. The zero-order valence-corrected chi connectivity index (χ0v) is 7.78. The summed E-state index contributed by atoms with van der Waals surface area (Å²) in [5.74, 6) is 0. The highest BCUT2D eigenvalue weighted by Crippen LogP contribution is 2.29. The molecule has 2 nitrogen and oxygen atoms in total. The van der Waals surface area contributed by atoms with Crippen molar-refractivity contribution in [1.82, 2.24) is 4.98 Å². The molecule has 0 bridgehead atoms. The van der Waals surface area contributed by atoms with Gasteiger partial charge in [0.25, 0.3) is 6.43 Å². The molecule has 0 saturated heterocycles. The second kappa shape index (κ2) is 3.98. The first kappa shape index (κ1) is 10.3. The van der Waals surface area contributed by atoms with E-state index in [1.807, 2.05) is 0 Å². The zero-order valence-electron chi connectivity index (χ0n) is 7.02. The molecule has 0 aliphatic rings. The van der Waals surface area contributed by atoms with Gasteiger partial charge in [-0.1, -0.05) is 11.6 Å². The van der Waals surface area contributed by atoms with Crippen LogP contribution < -0.4 is 5.73 Å². The lowest BCUT2D eigenvalue weighted by atomic mass is 10.1. The Balaban J connectivity index is 3.30. The van der Waals surface area contributed by atoms with Crippen LogP contribution in [0.25, 0.3) is 0 Å². The fourth-order valence-electron chi connectivity index (χ4n) is 1.11. The maximum Gasteiger partial charge on any atom is 0.267 e. The molecule has 2 N–H and O–H groups in total. The van der Waals surface area contributed by atoms with E-state index in [0.29, 0.717) is 11.3 Å². The lowest BCUT2D eigenvalue weighted by Crippen LogP contribution is -2.05. The van der Waals surface area contributed by atoms with Crippen LogP contribution in [0.3, 0.4) is 0 Å². The first-order valence-electron chi connectivity index (χ1n) is 3.70. The van der Waals surface area contributed by atoms with E-state index in [1.54, 1.807) is 6.92 Å². The van der Waals surface area contributed by atoms with Gasteiger partial charge in [0.1, 0.15) is 5.15 Å². The van der Waals surface area contributed by atoms with Crippen molar-refractivity contribution >= 4 is 11.6 Å². The molecule has 1 rings (SSSR count). The van der Waals surface area contributed by atoms with Gasteiger partial charge in [-0.15, -0.1) is 0 Å². The number of rotatable bonds is 2. The Bertz CT molecular complexity index is 315. The molecule has 1 aromatic rings. The monoisotopic (exact) mass is 206 g/mol. The van der Waals surface area contributed by atoms with Crippen LogP contribution in [-0.4, -0.2) is 4.98 Å². The zero-order chi connectivity index (χ0) is 10.0. The summed E-state index contributed by atoms with van der Waals surface area (Å²) >= 11 is 5.56. The Hall–Kier alpha value is -0.740. The summed E-state index contributed by atoms with van der Waals surface area (Å²) < 4.78 is 24.9. The van der Waals surface area contributed by atoms with E-state index in [0.717, 1.165) is 0 Å². The molecule has 0 atom stereocenters. The third-order valence-electron chi connectivity index (χ3n) is 1.66. The molecule has 0 aliphatic carbocycles. The summed E-state index contributed by atoms with van der Waals surface area (Å²) in [6.45, 7) is 1.73. The lowest BCUT2D eigenvalue weighted by Gasteiger charge is -2.09. The Kier molecular flexibility index (Phi) is 3.17. The number of aryl methyl sites for hydroxylation is 1. The van der Waals surface area contributed by atoms with Gasteiger partial charge in [0, 0.05) is 12.2 Å². The van der Waals surface area contributed by atoms with Crippen LogP contribution in [0.4, 0.5) is 8.78 Å². The minimum Gasteiger partial charge on any atom is -0.326 e. The van der Waals surface area contributed by atoms with E-state index in [9.17, 15) is 8.78 Å². The maximum absolute atomic E-state index is 12.4. The standard InChI is InChI=1S/C8H9ClF2N2/c1-4-2-5(3-12)6(8(10)11)7(9)13-4/h2,8H,3,12H2,1H3.